The standard InChI is InChI=1S/C22H36N2O/c1-17-15-24(16-20(23)13-18-7-4-3-5-8-18)12-11-22(17,2)19-9-6-10-21(25)14-19/h6,9-10,14,17-18,20,25H,3-5,7-8,11-13,15-16,23H2,1-2H3/t17-,20?,22-/m0/s1. The lowest BCUT2D eigenvalue weighted by molar-refractivity contribution is 0.102. The number of aromatic hydroxyl groups is 1. The van der Waals surface area contributed by atoms with E-state index in [0.29, 0.717) is 17.7 Å². The van der Waals surface area contributed by atoms with E-state index in [2.05, 4.69) is 24.8 Å². The fraction of sp³-hybridized carbons (Fsp3) is 0.727. The molecule has 0 radical (unpaired) electrons. The maximum atomic E-state index is 9.84. The Morgan fingerprint density at radius 3 is 2.72 bits per heavy atom. The number of likely N-dealkylation sites (tertiary alicyclic amines) is 1. The van der Waals surface area contributed by atoms with Crippen molar-refractivity contribution in [3.05, 3.63) is 29.8 Å². The Morgan fingerprint density at radius 2 is 2.04 bits per heavy atom. The van der Waals surface area contributed by atoms with Crippen molar-refractivity contribution in [2.24, 2.45) is 17.6 Å². The summed E-state index contributed by atoms with van der Waals surface area (Å²) in [6.45, 7) is 7.95. The first-order valence-electron chi connectivity index (χ1n) is 10.2. The Balaban J connectivity index is 1.54. The van der Waals surface area contributed by atoms with Crippen LogP contribution in [-0.4, -0.2) is 35.7 Å². The fourth-order valence-electron chi connectivity index (χ4n) is 5.03. The van der Waals surface area contributed by atoms with Crippen LogP contribution in [-0.2, 0) is 5.41 Å². The van der Waals surface area contributed by atoms with Gasteiger partial charge >= 0.3 is 0 Å². The van der Waals surface area contributed by atoms with Crippen molar-refractivity contribution >= 4 is 0 Å². The molecular weight excluding hydrogens is 308 g/mol. The van der Waals surface area contributed by atoms with Crippen molar-refractivity contribution in [1.82, 2.24) is 4.90 Å². The lowest BCUT2D eigenvalue weighted by Crippen LogP contribution is -2.50. The van der Waals surface area contributed by atoms with Crippen molar-refractivity contribution in [1.29, 1.82) is 0 Å². The van der Waals surface area contributed by atoms with Crippen LogP contribution in [0.4, 0.5) is 0 Å². The molecule has 1 unspecified atom stereocenters. The quantitative estimate of drug-likeness (QED) is 0.838. The van der Waals surface area contributed by atoms with E-state index < -0.39 is 0 Å². The molecule has 0 bridgehead atoms. The molecule has 1 aliphatic carbocycles. The molecule has 140 valence electrons. The topological polar surface area (TPSA) is 49.5 Å². The van der Waals surface area contributed by atoms with Gasteiger partial charge in [0.1, 0.15) is 5.75 Å². The van der Waals surface area contributed by atoms with Gasteiger partial charge in [0.15, 0.2) is 0 Å². The third-order valence-corrected chi connectivity index (χ3v) is 6.93. The van der Waals surface area contributed by atoms with E-state index in [4.69, 9.17) is 5.73 Å². The van der Waals surface area contributed by atoms with Crippen molar-refractivity contribution in [2.45, 2.75) is 70.3 Å². The molecule has 1 aromatic rings. The second-order valence-electron chi connectivity index (χ2n) is 8.88. The van der Waals surface area contributed by atoms with Gasteiger partial charge in [-0.1, -0.05) is 58.1 Å². The molecular formula is C22H36N2O. The zero-order valence-corrected chi connectivity index (χ0v) is 16.1. The summed E-state index contributed by atoms with van der Waals surface area (Å²) in [5.41, 5.74) is 7.92. The molecule has 2 aliphatic rings. The number of rotatable bonds is 5. The molecule has 1 saturated heterocycles. The summed E-state index contributed by atoms with van der Waals surface area (Å²) in [7, 11) is 0. The minimum atomic E-state index is 0.142. The summed E-state index contributed by atoms with van der Waals surface area (Å²) in [6, 6.07) is 8.16. The summed E-state index contributed by atoms with van der Waals surface area (Å²) >= 11 is 0. The van der Waals surface area contributed by atoms with Crippen molar-refractivity contribution in [3.8, 4) is 5.75 Å². The molecule has 3 heteroatoms. The summed E-state index contributed by atoms with van der Waals surface area (Å²) in [5, 5.41) is 9.84. The molecule has 1 saturated carbocycles. The van der Waals surface area contributed by atoms with Gasteiger partial charge in [-0.25, -0.2) is 0 Å². The van der Waals surface area contributed by atoms with Gasteiger partial charge in [0, 0.05) is 19.1 Å². The molecule has 2 fully saturated rings. The molecule has 25 heavy (non-hydrogen) atoms. The van der Waals surface area contributed by atoms with E-state index >= 15 is 0 Å². The number of hydrogen-bond donors (Lipinski definition) is 2. The first-order chi connectivity index (χ1) is 12.0. The SMILES string of the molecule is C[C@H]1CN(CC(N)CC2CCCCC2)CC[C@]1(C)c1cccc(O)c1. The number of nitrogens with zero attached hydrogens (tertiary/aromatic N) is 1. The van der Waals surface area contributed by atoms with E-state index in [1.54, 1.807) is 6.07 Å². The average Bonchev–Trinajstić information content (AvgIpc) is 2.59. The predicted octanol–water partition coefficient (Wildman–Crippen LogP) is 4.29. The van der Waals surface area contributed by atoms with Crippen LogP contribution in [0, 0.1) is 11.8 Å². The Hall–Kier alpha value is -1.06. The highest BCUT2D eigenvalue weighted by molar-refractivity contribution is 5.33. The maximum Gasteiger partial charge on any atom is 0.115 e. The van der Waals surface area contributed by atoms with Crippen molar-refractivity contribution in [2.75, 3.05) is 19.6 Å². The highest BCUT2D eigenvalue weighted by atomic mass is 16.3. The highest BCUT2D eigenvalue weighted by Crippen LogP contribution is 2.40. The number of nitrogens with two attached hydrogens (primary N) is 1. The summed E-state index contributed by atoms with van der Waals surface area (Å²) < 4.78 is 0. The number of hydrogen-bond acceptors (Lipinski definition) is 3. The highest BCUT2D eigenvalue weighted by Gasteiger charge is 2.38. The van der Waals surface area contributed by atoms with Gasteiger partial charge in [-0.3, -0.25) is 0 Å². The van der Waals surface area contributed by atoms with E-state index in [-0.39, 0.29) is 5.41 Å². The second-order valence-corrected chi connectivity index (χ2v) is 8.88. The van der Waals surface area contributed by atoms with Crippen LogP contribution in [0.3, 0.4) is 0 Å². The molecule has 1 aromatic carbocycles. The molecule has 0 amide bonds. The van der Waals surface area contributed by atoms with E-state index in [9.17, 15) is 5.11 Å². The zero-order chi connectivity index (χ0) is 17.9. The van der Waals surface area contributed by atoms with Gasteiger partial charge in [0.05, 0.1) is 0 Å². The number of phenols is 1. The molecule has 0 spiro atoms. The molecule has 3 atom stereocenters. The summed E-state index contributed by atoms with van der Waals surface area (Å²) in [5.74, 6) is 1.80. The lowest BCUT2D eigenvalue weighted by Gasteiger charge is -2.46. The first-order valence-corrected chi connectivity index (χ1v) is 10.2. The van der Waals surface area contributed by atoms with Crippen LogP contribution in [0.2, 0.25) is 0 Å². The largest absolute Gasteiger partial charge is 0.508 e. The number of piperidine rings is 1. The van der Waals surface area contributed by atoms with Crippen LogP contribution < -0.4 is 5.73 Å². The van der Waals surface area contributed by atoms with E-state index in [0.717, 1.165) is 32.0 Å². The minimum Gasteiger partial charge on any atom is -0.508 e. The Labute approximate surface area is 153 Å². The van der Waals surface area contributed by atoms with Crippen LogP contribution in [0.15, 0.2) is 24.3 Å². The van der Waals surface area contributed by atoms with Crippen LogP contribution in [0.1, 0.15) is 64.4 Å². The summed E-state index contributed by atoms with van der Waals surface area (Å²) in [4.78, 5) is 2.57. The number of benzene rings is 1. The average molecular weight is 345 g/mol. The van der Waals surface area contributed by atoms with Crippen LogP contribution >= 0.6 is 0 Å². The summed E-state index contributed by atoms with van der Waals surface area (Å²) in [6.07, 6.45) is 9.34. The van der Waals surface area contributed by atoms with Gasteiger partial charge in [-0.2, -0.15) is 0 Å². The van der Waals surface area contributed by atoms with E-state index in [1.165, 1.54) is 44.1 Å². The van der Waals surface area contributed by atoms with Gasteiger partial charge in [0.25, 0.3) is 0 Å². The Kier molecular flexibility index (Phi) is 6.06. The molecule has 1 heterocycles. The second kappa shape index (κ2) is 8.09. The van der Waals surface area contributed by atoms with E-state index in [1.807, 2.05) is 12.1 Å². The number of phenolic OH excluding ortho intramolecular Hbond substituents is 1. The van der Waals surface area contributed by atoms with Crippen molar-refractivity contribution < 1.29 is 5.11 Å². The maximum absolute atomic E-state index is 9.84. The molecule has 3 N–H and O–H groups in total. The monoisotopic (exact) mass is 344 g/mol. The van der Waals surface area contributed by atoms with Gasteiger partial charge in [-0.05, 0) is 54.3 Å². The molecule has 0 aromatic heterocycles. The minimum absolute atomic E-state index is 0.142. The van der Waals surface area contributed by atoms with Gasteiger partial charge in [-0.15, -0.1) is 0 Å². The van der Waals surface area contributed by atoms with Crippen molar-refractivity contribution in [3.63, 3.8) is 0 Å². The first kappa shape index (κ1) is 18.7. The van der Waals surface area contributed by atoms with Gasteiger partial charge in [0.2, 0.25) is 0 Å². The van der Waals surface area contributed by atoms with Crippen LogP contribution in [0.25, 0.3) is 0 Å². The normalized spacial score (nSPS) is 30.3. The third-order valence-electron chi connectivity index (χ3n) is 6.93. The van der Waals surface area contributed by atoms with Gasteiger partial charge < -0.3 is 15.7 Å². The smallest absolute Gasteiger partial charge is 0.115 e. The molecule has 3 rings (SSSR count). The molecule has 3 nitrogen and oxygen atoms in total. The Bertz CT molecular complexity index is 555. The molecule has 1 aliphatic heterocycles. The Morgan fingerprint density at radius 1 is 1.28 bits per heavy atom. The van der Waals surface area contributed by atoms with Crippen LogP contribution in [0.5, 0.6) is 5.75 Å². The fourth-order valence-corrected chi connectivity index (χ4v) is 5.03. The third kappa shape index (κ3) is 4.57. The predicted molar refractivity (Wildman–Crippen MR) is 105 cm³/mol. The lowest BCUT2D eigenvalue weighted by atomic mass is 9.68. The zero-order valence-electron chi connectivity index (χ0n) is 16.1.